The van der Waals surface area contributed by atoms with Gasteiger partial charge in [-0.05, 0) is 83.9 Å². The van der Waals surface area contributed by atoms with Gasteiger partial charge in [-0.25, -0.2) is 26.8 Å². The summed E-state index contributed by atoms with van der Waals surface area (Å²) in [5.41, 5.74) is 2.26. The van der Waals surface area contributed by atoms with Crippen molar-refractivity contribution in [2.45, 2.75) is 22.6 Å². The van der Waals surface area contributed by atoms with Crippen molar-refractivity contribution in [2.24, 2.45) is 0 Å². The van der Waals surface area contributed by atoms with Gasteiger partial charge in [0.15, 0.2) is 0 Å². The molecule has 2 saturated heterocycles. The molecule has 336 valence electrons. The van der Waals surface area contributed by atoms with Crippen molar-refractivity contribution in [1.82, 2.24) is 28.3 Å². The molecule has 2 aliphatic heterocycles. The summed E-state index contributed by atoms with van der Waals surface area (Å²) < 4.78 is 78.3. The first-order valence-corrected chi connectivity index (χ1v) is 25.0. The van der Waals surface area contributed by atoms with Crippen molar-refractivity contribution >= 4 is 63.1 Å². The monoisotopic (exact) mass is 956 g/mol. The molecular weight excluding hydrogens is 908 g/mol. The van der Waals surface area contributed by atoms with Gasteiger partial charge in [0.2, 0.25) is 20.3 Å². The summed E-state index contributed by atoms with van der Waals surface area (Å²) >= 11 is 2.84. The maximum Gasteiger partial charge on any atom is 0.261 e. The number of rotatable bonds is 13. The van der Waals surface area contributed by atoms with E-state index in [9.17, 15) is 16.8 Å². The van der Waals surface area contributed by atoms with Crippen molar-refractivity contribution in [3.05, 3.63) is 120 Å². The number of halogens is 1. The Balaban J connectivity index is 0.000000176. The molecule has 0 saturated carbocycles. The summed E-state index contributed by atoms with van der Waals surface area (Å²) in [6.45, 7) is 6.00. The van der Waals surface area contributed by atoms with Crippen LogP contribution in [0.15, 0.2) is 107 Å². The lowest BCUT2D eigenvalue weighted by atomic mass is 10.1. The Hall–Kier alpha value is -5.09. The second-order valence-electron chi connectivity index (χ2n) is 14.0. The van der Waals surface area contributed by atoms with Gasteiger partial charge < -0.3 is 34.1 Å². The molecule has 6 aromatic rings. The van der Waals surface area contributed by atoms with Gasteiger partial charge >= 0.3 is 0 Å². The van der Waals surface area contributed by atoms with E-state index in [0.29, 0.717) is 44.1 Å². The first kappa shape index (κ1) is 47.4. The number of nitrogens with zero attached hydrogens (tertiary/aromatic N) is 7. The number of benzene rings is 4. The van der Waals surface area contributed by atoms with Gasteiger partial charge in [-0.15, -0.1) is 0 Å². The summed E-state index contributed by atoms with van der Waals surface area (Å²) in [6, 6.07) is 28.2. The third-order valence-electron chi connectivity index (χ3n) is 9.84. The molecule has 0 atom stereocenters. The van der Waals surface area contributed by atoms with Crippen molar-refractivity contribution in [3.8, 4) is 23.0 Å². The van der Waals surface area contributed by atoms with Crippen molar-refractivity contribution in [3.63, 3.8) is 0 Å². The minimum Gasteiger partial charge on any atom is -0.497 e. The number of methoxy groups -OCH3 is 4. The highest BCUT2D eigenvalue weighted by molar-refractivity contribution is 8.13. The van der Waals surface area contributed by atoms with Gasteiger partial charge in [0.05, 0.1) is 38.2 Å². The van der Waals surface area contributed by atoms with Gasteiger partial charge in [-0.1, -0.05) is 24.3 Å². The molecule has 4 heterocycles. The van der Waals surface area contributed by atoms with E-state index < -0.39 is 19.1 Å². The van der Waals surface area contributed by atoms with Gasteiger partial charge in [-0.2, -0.15) is 13.1 Å². The van der Waals surface area contributed by atoms with Crippen LogP contribution < -0.4 is 34.1 Å². The molecule has 0 aliphatic carbocycles. The lowest BCUT2D eigenvalue weighted by molar-refractivity contribution is 0.384. The molecule has 8 rings (SSSR count). The number of hydrogen-bond donors (Lipinski definition) is 1. The lowest BCUT2D eigenvalue weighted by Crippen LogP contribution is -2.48. The maximum absolute atomic E-state index is 12.9. The predicted molar refractivity (Wildman–Crippen MR) is 246 cm³/mol. The van der Waals surface area contributed by atoms with Gasteiger partial charge in [0.1, 0.15) is 34.6 Å². The van der Waals surface area contributed by atoms with Crippen molar-refractivity contribution < 1.29 is 35.8 Å². The van der Waals surface area contributed by atoms with Crippen molar-refractivity contribution in [2.75, 3.05) is 90.6 Å². The number of piperazine rings is 2. The zero-order valence-electron chi connectivity index (χ0n) is 35.2. The molecule has 4 aromatic carbocycles. The lowest BCUT2D eigenvalue weighted by Gasteiger charge is -2.33. The predicted octanol–water partition coefficient (Wildman–Crippen LogP) is 5.83. The molecule has 0 unspecified atom stereocenters. The van der Waals surface area contributed by atoms with Gasteiger partial charge in [0, 0.05) is 98.9 Å². The molecule has 0 radical (unpaired) electrons. The van der Waals surface area contributed by atoms with Gasteiger partial charge in [0.25, 0.3) is 9.05 Å². The van der Waals surface area contributed by atoms with E-state index in [4.69, 9.17) is 29.6 Å². The summed E-state index contributed by atoms with van der Waals surface area (Å²) in [7, 11) is 4.33. The minimum absolute atomic E-state index is 0.0740. The molecule has 0 spiro atoms. The van der Waals surface area contributed by atoms with Crippen LogP contribution >= 0.6 is 33.7 Å². The van der Waals surface area contributed by atoms with Crippen LogP contribution in [0.4, 0.5) is 10.3 Å². The topological polar surface area (TPSA) is 179 Å². The van der Waals surface area contributed by atoms with Crippen LogP contribution in [0.1, 0.15) is 22.8 Å². The maximum atomic E-state index is 12.9. The third kappa shape index (κ3) is 13.5. The Labute approximate surface area is 381 Å². The van der Waals surface area contributed by atoms with E-state index in [1.165, 1.54) is 64.3 Å². The van der Waals surface area contributed by atoms with E-state index >= 15 is 0 Å². The number of nitrogens with one attached hydrogen (secondary N) is 1. The highest BCUT2D eigenvalue weighted by Crippen LogP contribution is 2.26. The van der Waals surface area contributed by atoms with E-state index in [-0.39, 0.29) is 9.79 Å². The SMILES string of the molecule is COc1ccc(S(=O)(=O)Cl)cc1.COc1ccc(S(=O)(=O)N2CCN(c3nc(Cc4cccc(OC)c4)ns3)CC2)cc1.COc1cccc(Cc2nsc(N3CCNCC3)n2)c1. The molecule has 0 amide bonds. The number of sulfonamides is 1. The Kier molecular flexibility index (Phi) is 16.9. The highest BCUT2D eigenvalue weighted by Gasteiger charge is 2.29. The first-order chi connectivity index (χ1) is 30.4. The summed E-state index contributed by atoms with van der Waals surface area (Å²) in [5.74, 6) is 4.55. The summed E-state index contributed by atoms with van der Waals surface area (Å²) in [5, 5.41) is 5.20. The molecule has 0 bridgehead atoms. The molecule has 63 heavy (non-hydrogen) atoms. The quantitative estimate of drug-likeness (QED) is 0.137. The van der Waals surface area contributed by atoms with Crippen LogP contribution in [0.3, 0.4) is 0 Å². The van der Waals surface area contributed by atoms with Crippen LogP contribution in [0.5, 0.6) is 23.0 Å². The van der Waals surface area contributed by atoms with Crippen LogP contribution in [0.25, 0.3) is 0 Å². The fourth-order valence-electron chi connectivity index (χ4n) is 6.43. The van der Waals surface area contributed by atoms with Crippen LogP contribution in [-0.2, 0) is 31.9 Å². The fourth-order valence-corrected chi connectivity index (χ4v) is 10.1. The number of aromatic nitrogens is 4. The molecular formula is C42H49ClN8O8S4. The second-order valence-corrected chi connectivity index (χ2v) is 19.9. The van der Waals surface area contributed by atoms with Gasteiger partial charge in [-0.3, -0.25) is 0 Å². The van der Waals surface area contributed by atoms with E-state index in [1.807, 2.05) is 42.5 Å². The summed E-state index contributed by atoms with van der Waals surface area (Å²) in [6.07, 6.45) is 1.37. The smallest absolute Gasteiger partial charge is 0.261 e. The third-order valence-corrected chi connectivity index (χ3v) is 14.8. The Morgan fingerprint density at radius 3 is 1.43 bits per heavy atom. The Morgan fingerprint density at radius 2 is 1.00 bits per heavy atom. The van der Waals surface area contributed by atoms with Crippen LogP contribution in [-0.4, -0.2) is 121 Å². The van der Waals surface area contributed by atoms with E-state index in [0.717, 1.165) is 71.6 Å². The summed E-state index contributed by atoms with van der Waals surface area (Å²) in [4.78, 5) is 14.0. The average molecular weight is 958 g/mol. The molecule has 2 aliphatic rings. The Morgan fingerprint density at radius 1 is 0.571 bits per heavy atom. The molecule has 16 nitrogen and oxygen atoms in total. The number of anilines is 2. The zero-order valence-corrected chi connectivity index (χ0v) is 39.2. The average Bonchev–Trinajstić information content (AvgIpc) is 4.00. The molecule has 2 aromatic heterocycles. The highest BCUT2D eigenvalue weighted by atomic mass is 35.7. The fraction of sp³-hybridized carbons (Fsp3) is 0.333. The van der Waals surface area contributed by atoms with Crippen molar-refractivity contribution in [1.29, 1.82) is 0 Å². The second kappa shape index (κ2) is 22.5. The van der Waals surface area contributed by atoms with Crippen LogP contribution in [0, 0.1) is 0 Å². The minimum atomic E-state index is -3.61. The first-order valence-electron chi connectivity index (χ1n) is 19.7. The molecule has 21 heteroatoms. The standard InChI is InChI=1S/C21H24N4O4S2.C14H18N4OS.C7H7ClO3S/c1-28-17-6-8-19(9-7-17)31(26,27)25-12-10-24(11-13-25)21-22-20(23-30-21)15-16-4-3-5-18(14-16)29-2;1-19-12-4-2-3-11(9-12)10-13-16-14(20-17-13)18-7-5-15-6-8-18;1-11-6-2-4-7(5-3-6)12(8,9)10/h3-9,14H,10-13,15H2,1-2H3;2-4,9,15H,5-8,10H2,1H3;2-5H,1H3. The largest absolute Gasteiger partial charge is 0.497 e. The molecule has 1 N–H and O–H groups in total. The number of ether oxygens (including phenoxy) is 4. The zero-order chi connectivity index (χ0) is 44.8. The van der Waals surface area contributed by atoms with E-state index in [2.05, 4.69) is 39.9 Å². The normalized spacial score (nSPS) is 14.4. The van der Waals surface area contributed by atoms with Crippen LogP contribution in [0.2, 0.25) is 0 Å². The Bertz CT molecular complexity index is 2580. The molecule has 2 fully saturated rings. The number of hydrogen-bond acceptors (Lipinski definition) is 17. The van der Waals surface area contributed by atoms with E-state index in [1.54, 1.807) is 45.6 Å².